The zero-order valence-corrected chi connectivity index (χ0v) is 17.5. The monoisotopic (exact) mass is 411 g/mol. The Morgan fingerprint density at radius 2 is 1.90 bits per heavy atom. The number of carbonyl (C=O) groups is 2. The maximum absolute atomic E-state index is 12.5. The second-order valence-corrected chi connectivity index (χ2v) is 6.97. The van der Waals surface area contributed by atoms with Crippen molar-refractivity contribution in [2.75, 3.05) is 12.4 Å². The van der Waals surface area contributed by atoms with E-state index in [9.17, 15) is 9.59 Å². The fourth-order valence-corrected chi connectivity index (χ4v) is 2.79. The van der Waals surface area contributed by atoms with E-state index in [0.29, 0.717) is 18.2 Å². The number of nitrogens with zero attached hydrogens (tertiary/aromatic N) is 2. The number of methoxy groups -OCH3 is 1. The zero-order chi connectivity index (χ0) is 21.7. The Morgan fingerprint density at radius 3 is 2.53 bits per heavy atom. The van der Waals surface area contributed by atoms with Gasteiger partial charge in [0.05, 0.1) is 12.8 Å². The normalized spacial score (nSPS) is 10.8. The van der Waals surface area contributed by atoms with E-state index in [2.05, 4.69) is 24.3 Å². The van der Waals surface area contributed by atoms with E-state index < -0.39 is 11.9 Å². The molecule has 0 saturated heterocycles. The first-order valence-electron chi connectivity index (χ1n) is 9.69. The van der Waals surface area contributed by atoms with E-state index in [1.807, 2.05) is 31.2 Å². The van der Waals surface area contributed by atoms with Gasteiger partial charge in [-0.05, 0) is 42.7 Å². The molecular formula is C22H25N3O5. The molecule has 3 rings (SSSR count). The second-order valence-electron chi connectivity index (χ2n) is 6.97. The largest absolute Gasteiger partial charge is 0.486 e. The van der Waals surface area contributed by atoms with Crippen LogP contribution in [0.2, 0.25) is 0 Å². The van der Waals surface area contributed by atoms with E-state index in [4.69, 9.17) is 13.9 Å². The number of nitrogens with one attached hydrogen (secondary N) is 1. The molecular weight excluding hydrogens is 386 g/mol. The predicted octanol–water partition coefficient (Wildman–Crippen LogP) is 4.24. The third-order valence-corrected chi connectivity index (χ3v) is 4.53. The van der Waals surface area contributed by atoms with E-state index in [0.717, 1.165) is 5.75 Å². The van der Waals surface area contributed by atoms with Crippen LogP contribution in [0.25, 0.3) is 0 Å². The summed E-state index contributed by atoms with van der Waals surface area (Å²) in [5, 5.41) is 6.75. The van der Waals surface area contributed by atoms with Gasteiger partial charge in [-0.25, -0.2) is 4.79 Å². The molecule has 1 N–H and O–H groups in total. The number of aromatic nitrogens is 2. The topological polar surface area (TPSA) is 95.6 Å². The highest BCUT2D eigenvalue weighted by atomic mass is 16.5. The van der Waals surface area contributed by atoms with E-state index in [1.165, 1.54) is 17.4 Å². The molecule has 158 valence electrons. The fraction of sp³-hybridized carbons (Fsp3) is 0.318. The Balaban J connectivity index is 1.64. The van der Waals surface area contributed by atoms with Crippen molar-refractivity contribution in [3.05, 3.63) is 65.4 Å². The van der Waals surface area contributed by atoms with Crippen LogP contribution < -0.4 is 10.1 Å². The number of hydrogen-bond acceptors (Lipinski definition) is 6. The minimum absolute atomic E-state index is 0.0349. The lowest BCUT2D eigenvalue weighted by molar-refractivity contribution is 0.0594. The molecule has 0 atom stereocenters. The Bertz CT molecular complexity index is 1020. The Kier molecular flexibility index (Phi) is 6.56. The van der Waals surface area contributed by atoms with Gasteiger partial charge in [-0.3, -0.25) is 9.48 Å². The molecule has 0 radical (unpaired) electrons. The Morgan fingerprint density at radius 1 is 1.17 bits per heavy atom. The molecule has 0 aliphatic carbocycles. The van der Waals surface area contributed by atoms with Crippen LogP contribution in [0.3, 0.4) is 0 Å². The standard InChI is InChI=1S/C22H25N3O5/c1-5-25-12-18(20(24-25)22(27)28-4)23-21(26)19-11-10-17(30-19)13-29-16-8-6-15(7-9-16)14(2)3/h6-12,14H,5,13H2,1-4H3,(H,23,26). The summed E-state index contributed by atoms with van der Waals surface area (Å²) >= 11 is 0. The summed E-state index contributed by atoms with van der Waals surface area (Å²) < 4.78 is 17.6. The first-order chi connectivity index (χ1) is 14.4. The second kappa shape index (κ2) is 9.30. The van der Waals surface area contributed by atoms with Gasteiger partial charge in [-0.2, -0.15) is 5.10 Å². The average Bonchev–Trinajstić information content (AvgIpc) is 3.39. The van der Waals surface area contributed by atoms with E-state index in [1.54, 1.807) is 18.3 Å². The van der Waals surface area contributed by atoms with Crippen LogP contribution in [0.15, 0.2) is 47.0 Å². The van der Waals surface area contributed by atoms with Gasteiger partial charge >= 0.3 is 5.97 Å². The Labute approximate surface area is 174 Å². The van der Waals surface area contributed by atoms with Gasteiger partial charge in [-0.1, -0.05) is 26.0 Å². The maximum Gasteiger partial charge on any atom is 0.360 e. The summed E-state index contributed by atoms with van der Waals surface area (Å²) in [6.07, 6.45) is 1.57. The number of esters is 1. The van der Waals surface area contributed by atoms with Gasteiger partial charge in [0, 0.05) is 12.7 Å². The van der Waals surface area contributed by atoms with E-state index >= 15 is 0 Å². The predicted molar refractivity (Wildman–Crippen MR) is 111 cm³/mol. The number of hydrogen-bond donors (Lipinski definition) is 1. The summed E-state index contributed by atoms with van der Waals surface area (Å²) in [6, 6.07) is 11.1. The molecule has 0 aliphatic heterocycles. The highest BCUT2D eigenvalue weighted by Crippen LogP contribution is 2.21. The van der Waals surface area contributed by atoms with Crippen molar-refractivity contribution < 1.29 is 23.5 Å². The molecule has 0 fully saturated rings. The van der Waals surface area contributed by atoms with Crippen LogP contribution in [0.1, 0.15) is 59.1 Å². The third-order valence-electron chi connectivity index (χ3n) is 4.53. The van der Waals surface area contributed by atoms with Crippen LogP contribution in [-0.4, -0.2) is 28.8 Å². The SMILES string of the molecule is CCn1cc(NC(=O)c2ccc(COc3ccc(C(C)C)cc3)o2)c(C(=O)OC)n1. The number of ether oxygens (including phenoxy) is 2. The van der Waals surface area contributed by atoms with Gasteiger partial charge in [0.25, 0.3) is 5.91 Å². The van der Waals surface area contributed by atoms with Crippen molar-refractivity contribution in [2.24, 2.45) is 0 Å². The summed E-state index contributed by atoms with van der Waals surface area (Å²) in [6.45, 7) is 6.87. The molecule has 8 nitrogen and oxygen atoms in total. The number of anilines is 1. The first-order valence-corrected chi connectivity index (χ1v) is 9.69. The van der Waals surface area contributed by atoms with Crippen molar-refractivity contribution in [1.29, 1.82) is 0 Å². The summed E-state index contributed by atoms with van der Waals surface area (Å²) in [5.41, 5.74) is 1.53. The van der Waals surface area contributed by atoms with E-state index in [-0.39, 0.29) is 23.7 Å². The molecule has 0 bridgehead atoms. The van der Waals surface area contributed by atoms with Crippen molar-refractivity contribution in [3.8, 4) is 5.75 Å². The number of furan rings is 1. The van der Waals surface area contributed by atoms with Crippen molar-refractivity contribution in [3.63, 3.8) is 0 Å². The minimum Gasteiger partial charge on any atom is -0.486 e. The molecule has 8 heteroatoms. The summed E-state index contributed by atoms with van der Waals surface area (Å²) in [7, 11) is 1.26. The lowest BCUT2D eigenvalue weighted by Gasteiger charge is -2.08. The zero-order valence-electron chi connectivity index (χ0n) is 17.5. The molecule has 3 aromatic rings. The highest BCUT2D eigenvalue weighted by Gasteiger charge is 2.21. The van der Waals surface area contributed by atoms with Crippen LogP contribution in [0.4, 0.5) is 5.69 Å². The lowest BCUT2D eigenvalue weighted by atomic mass is 10.0. The van der Waals surface area contributed by atoms with Crippen molar-refractivity contribution >= 4 is 17.6 Å². The molecule has 1 aromatic carbocycles. The number of rotatable bonds is 8. The Hall–Kier alpha value is -3.55. The van der Waals surface area contributed by atoms with Gasteiger partial charge in [0.1, 0.15) is 18.1 Å². The smallest absolute Gasteiger partial charge is 0.360 e. The van der Waals surface area contributed by atoms with Gasteiger partial charge in [0.2, 0.25) is 0 Å². The van der Waals surface area contributed by atoms with Gasteiger partial charge in [-0.15, -0.1) is 0 Å². The minimum atomic E-state index is -0.630. The fourth-order valence-electron chi connectivity index (χ4n) is 2.79. The van der Waals surface area contributed by atoms with Gasteiger partial charge in [0.15, 0.2) is 11.5 Å². The molecule has 0 aliphatic rings. The molecule has 0 unspecified atom stereocenters. The lowest BCUT2D eigenvalue weighted by Crippen LogP contribution is -2.14. The molecule has 0 spiro atoms. The quantitative estimate of drug-likeness (QED) is 0.557. The number of amides is 1. The maximum atomic E-state index is 12.5. The molecule has 30 heavy (non-hydrogen) atoms. The van der Waals surface area contributed by atoms with Crippen LogP contribution in [0.5, 0.6) is 5.75 Å². The number of benzene rings is 1. The first kappa shape index (κ1) is 21.2. The summed E-state index contributed by atoms with van der Waals surface area (Å²) in [5.74, 6) is 0.651. The van der Waals surface area contributed by atoms with Crippen LogP contribution in [0, 0.1) is 0 Å². The number of aryl methyl sites for hydroxylation is 1. The summed E-state index contributed by atoms with van der Waals surface area (Å²) in [4.78, 5) is 24.4. The molecule has 2 aromatic heterocycles. The molecule has 1 amide bonds. The molecule has 2 heterocycles. The van der Waals surface area contributed by atoms with Crippen LogP contribution in [-0.2, 0) is 17.9 Å². The molecule has 0 saturated carbocycles. The highest BCUT2D eigenvalue weighted by molar-refractivity contribution is 6.05. The average molecular weight is 411 g/mol. The van der Waals surface area contributed by atoms with Gasteiger partial charge < -0.3 is 19.2 Å². The van der Waals surface area contributed by atoms with Crippen molar-refractivity contribution in [1.82, 2.24) is 9.78 Å². The third kappa shape index (κ3) is 4.89. The number of carbonyl (C=O) groups excluding carboxylic acids is 2. The van der Waals surface area contributed by atoms with Crippen molar-refractivity contribution in [2.45, 2.75) is 39.8 Å². The van der Waals surface area contributed by atoms with Crippen LogP contribution >= 0.6 is 0 Å².